The van der Waals surface area contributed by atoms with E-state index in [0.717, 1.165) is 0 Å². The van der Waals surface area contributed by atoms with E-state index in [2.05, 4.69) is 6.58 Å². The molecule has 2 saturated carbocycles. The van der Waals surface area contributed by atoms with Crippen LogP contribution in [0.1, 0.15) is 67.7 Å². The molecule has 3 aliphatic rings. The molecule has 0 bridgehead atoms. The predicted octanol–water partition coefficient (Wildman–Crippen LogP) is 2.09. The van der Waals surface area contributed by atoms with Crippen LogP contribution in [0.2, 0.25) is 0 Å². The molecule has 8 nitrogen and oxygen atoms in total. The zero-order valence-corrected chi connectivity index (χ0v) is 20.1. The minimum absolute atomic E-state index is 0.164. The Morgan fingerprint density at radius 3 is 2.19 bits per heavy atom. The Bertz CT molecular complexity index is 851. The molecule has 0 radical (unpaired) electrons. The molecule has 2 aliphatic carbocycles. The number of hydrogen-bond acceptors (Lipinski definition) is 8. The Morgan fingerprint density at radius 1 is 1.12 bits per heavy atom. The molecule has 32 heavy (non-hydrogen) atoms. The fourth-order valence-electron chi connectivity index (χ4n) is 6.93. The number of ketones is 1. The Hall–Kier alpha value is -1.77. The number of Topliss-reactive ketones (excluding diaryl/α,β-unsaturated/α-hetero) is 1. The minimum atomic E-state index is -2.22. The molecule has 1 heterocycles. The molecule has 3 rings (SSSR count). The Balaban J connectivity index is 2.39. The molecule has 1 saturated heterocycles. The molecule has 180 valence electrons. The predicted molar refractivity (Wildman–Crippen MR) is 114 cm³/mol. The van der Waals surface area contributed by atoms with Crippen LogP contribution in [0.3, 0.4) is 0 Å². The molecule has 0 aromatic carbocycles. The smallest absolute Gasteiger partial charge is 0.303 e. The van der Waals surface area contributed by atoms with E-state index in [4.69, 9.17) is 14.2 Å². The summed E-state index contributed by atoms with van der Waals surface area (Å²) in [6.07, 6.45) is -1.22. The number of carbonyl (C=O) groups is 3. The van der Waals surface area contributed by atoms with Crippen LogP contribution in [0.15, 0.2) is 12.7 Å². The molecule has 8 unspecified atom stereocenters. The highest BCUT2D eigenvalue weighted by molar-refractivity contribution is 5.92. The second-order valence-corrected chi connectivity index (χ2v) is 10.9. The molecule has 1 aliphatic heterocycles. The summed E-state index contributed by atoms with van der Waals surface area (Å²) < 4.78 is 17.8. The number of esters is 2. The average molecular weight is 453 g/mol. The summed E-state index contributed by atoms with van der Waals surface area (Å²) in [6, 6.07) is 0. The summed E-state index contributed by atoms with van der Waals surface area (Å²) in [5, 5.41) is 23.6. The van der Waals surface area contributed by atoms with Crippen molar-refractivity contribution < 1.29 is 38.8 Å². The molecule has 8 heteroatoms. The zero-order chi connectivity index (χ0) is 24.5. The van der Waals surface area contributed by atoms with Crippen LogP contribution in [0.4, 0.5) is 0 Å². The zero-order valence-electron chi connectivity index (χ0n) is 20.1. The van der Waals surface area contributed by atoms with E-state index in [1.165, 1.54) is 26.8 Å². The van der Waals surface area contributed by atoms with Gasteiger partial charge in [0.05, 0.1) is 11.7 Å². The van der Waals surface area contributed by atoms with Gasteiger partial charge in [-0.05, 0) is 32.1 Å². The van der Waals surface area contributed by atoms with E-state index in [0.29, 0.717) is 12.8 Å². The van der Waals surface area contributed by atoms with Gasteiger partial charge in [0.2, 0.25) is 0 Å². The largest absolute Gasteiger partial charge is 0.458 e. The quantitative estimate of drug-likeness (QED) is 0.493. The molecular weight excluding hydrogens is 416 g/mol. The second-order valence-electron chi connectivity index (χ2n) is 10.9. The maximum atomic E-state index is 13.8. The van der Waals surface area contributed by atoms with Gasteiger partial charge in [-0.3, -0.25) is 14.4 Å². The lowest BCUT2D eigenvalue weighted by atomic mass is 9.39. The number of carbonyl (C=O) groups excluding carboxylic acids is 3. The van der Waals surface area contributed by atoms with Crippen molar-refractivity contribution in [2.24, 2.45) is 16.7 Å². The van der Waals surface area contributed by atoms with Crippen LogP contribution in [0, 0.1) is 16.7 Å². The normalized spacial score (nSPS) is 47.6. The number of aliphatic hydroxyl groups excluding tert-OH is 1. The van der Waals surface area contributed by atoms with E-state index < -0.39 is 69.6 Å². The van der Waals surface area contributed by atoms with Crippen molar-refractivity contribution in [3.63, 3.8) is 0 Å². The standard InChI is InChI=1S/C24H36O8/c1-9-21(6)12-16(28)24(29)22(7)15(27)10-11-20(4,5)18(22)17(30-13(2)25)19(31-14(3)26)23(24,8)32-21/h9,15,17-19,27,29H,1,10-12H2,2-8H3. The van der Waals surface area contributed by atoms with E-state index in [1.54, 1.807) is 13.8 Å². The van der Waals surface area contributed by atoms with Crippen LogP contribution in [-0.2, 0) is 28.6 Å². The molecule has 2 N–H and O–H groups in total. The van der Waals surface area contributed by atoms with Crippen molar-refractivity contribution in [2.45, 2.75) is 103 Å². The average Bonchev–Trinajstić information content (AvgIpc) is 2.65. The number of fused-ring (bicyclic) bond motifs is 3. The van der Waals surface area contributed by atoms with Crippen LogP contribution in [-0.4, -0.2) is 63.0 Å². The fourth-order valence-corrected chi connectivity index (χ4v) is 6.93. The molecule has 0 spiro atoms. The first-order chi connectivity index (χ1) is 14.5. The summed E-state index contributed by atoms with van der Waals surface area (Å²) in [5.41, 5.74) is -7.21. The van der Waals surface area contributed by atoms with Crippen LogP contribution < -0.4 is 0 Å². The van der Waals surface area contributed by atoms with Crippen molar-refractivity contribution in [1.29, 1.82) is 0 Å². The molecule has 0 amide bonds. The molecule has 3 fully saturated rings. The number of ether oxygens (including phenoxy) is 3. The Morgan fingerprint density at radius 2 is 1.69 bits per heavy atom. The maximum absolute atomic E-state index is 13.8. The minimum Gasteiger partial charge on any atom is -0.458 e. The van der Waals surface area contributed by atoms with Crippen LogP contribution in [0.25, 0.3) is 0 Å². The Labute approximate surface area is 189 Å². The van der Waals surface area contributed by atoms with Crippen molar-refractivity contribution in [3.8, 4) is 0 Å². The first-order valence-corrected chi connectivity index (χ1v) is 11.1. The van der Waals surface area contributed by atoms with Gasteiger partial charge in [0, 0.05) is 31.6 Å². The first-order valence-electron chi connectivity index (χ1n) is 11.1. The maximum Gasteiger partial charge on any atom is 0.303 e. The molecule has 0 aromatic rings. The van der Waals surface area contributed by atoms with Crippen molar-refractivity contribution >= 4 is 17.7 Å². The summed E-state index contributed by atoms with van der Waals surface area (Å²) >= 11 is 0. The lowest BCUT2D eigenvalue weighted by molar-refractivity contribution is -0.370. The Kier molecular flexibility index (Phi) is 5.72. The van der Waals surface area contributed by atoms with E-state index >= 15 is 0 Å². The van der Waals surface area contributed by atoms with Gasteiger partial charge in [0.15, 0.2) is 17.5 Å². The van der Waals surface area contributed by atoms with Gasteiger partial charge in [-0.25, -0.2) is 0 Å². The molecular formula is C24H36O8. The van der Waals surface area contributed by atoms with Crippen molar-refractivity contribution in [2.75, 3.05) is 0 Å². The number of rotatable bonds is 3. The van der Waals surface area contributed by atoms with Crippen molar-refractivity contribution in [1.82, 2.24) is 0 Å². The van der Waals surface area contributed by atoms with Crippen LogP contribution >= 0.6 is 0 Å². The van der Waals surface area contributed by atoms with Gasteiger partial charge in [-0.2, -0.15) is 0 Å². The highest BCUT2D eigenvalue weighted by atomic mass is 16.6. The third-order valence-corrected chi connectivity index (χ3v) is 8.30. The summed E-state index contributed by atoms with van der Waals surface area (Å²) in [6.45, 7) is 14.9. The fraction of sp³-hybridized carbons (Fsp3) is 0.792. The van der Waals surface area contributed by atoms with Gasteiger partial charge in [-0.15, -0.1) is 6.58 Å². The van der Waals surface area contributed by atoms with Gasteiger partial charge in [0.1, 0.15) is 11.7 Å². The topological polar surface area (TPSA) is 119 Å². The number of hydrogen-bond donors (Lipinski definition) is 2. The van der Waals surface area contributed by atoms with Crippen LogP contribution in [0.5, 0.6) is 0 Å². The SMILES string of the molecule is C=CC1(C)CC(=O)C2(O)C(C)(O1)C(OC(C)=O)C(OC(C)=O)C1C(C)(C)CCC(O)C12C. The second kappa shape index (κ2) is 7.37. The summed E-state index contributed by atoms with van der Waals surface area (Å²) in [7, 11) is 0. The molecule has 0 aromatic heterocycles. The third-order valence-electron chi connectivity index (χ3n) is 8.30. The van der Waals surface area contributed by atoms with Gasteiger partial charge >= 0.3 is 11.9 Å². The number of aliphatic hydroxyl groups is 2. The lowest BCUT2D eigenvalue weighted by Crippen LogP contribution is -2.87. The molecule has 8 atom stereocenters. The summed E-state index contributed by atoms with van der Waals surface area (Å²) in [4.78, 5) is 38.2. The highest BCUT2D eigenvalue weighted by Gasteiger charge is 2.82. The van der Waals surface area contributed by atoms with Crippen molar-refractivity contribution in [3.05, 3.63) is 12.7 Å². The monoisotopic (exact) mass is 452 g/mol. The highest BCUT2D eigenvalue weighted by Crippen LogP contribution is 2.67. The van der Waals surface area contributed by atoms with E-state index in [9.17, 15) is 24.6 Å². The van der Waals surface area contributed by atoms with Gasteiger partial charge in [0.25, 0.3) is 0 Å². The van der Waals surface area contributed by atoms with E-state index in [1.807, 2.05) is 13.8 Å². The first kappa shape index (κ1) is 24.9. The summed E-state index contributed by atoms with van der Waals surface area (Å²) in [5.74, 6) is -2.51. The lowest BCUT2D eigenvalue weighted by Gasteiger charge is -2.71. The third kappa shape index (κ3) is 3.10. The van der Waals surface area contributed by atoms with Gasteiger partial charge < -0.3 is 24.4 Å². The van der Waals surface area contributed by atoms with Gasteiger partial charge in [-0.1, -0.05) is 26.8 Å². The van der Waals surface area contributed by atoms with E-state index in [-0.39, 0.29) is 6.42 Å².